The van der Waals surface area contributed by atoms with E-state index >= 15 is 0 Å². The van der Waals surface area contributed by atoms with E-state index in [9.17, 15) is 9.59 Å². The first kappa shape index (κ1) is 28.0. The van der Waals surface area contributed by atoms with Gasteiger partial charge in [0.05, 0.1) is 27.3 Å². The highest BCUT2D eigenvalue weighted by Crippen LogP contribution is 2.18. The molecule has 2 rings (SSSR count). The van der Waals surface area contributed by atoms with Gasteiger partial charge in [0.25, 0.3) is 0 Å². The predicted molar refractivity (Wildman–Crippen MR) is 139 cm³/mol. The van der Waals surface area contributed by atoms with Crippen LogP contribution in [0.3, 0.4) is 0 Å². The van der Waals surface area contributed by atoms with Gasteiger partial charge in [0.2, 0.25) is 0 Å². The topological polar surface area (TPSA) is 71.1 Å². The van der Waals surface area contributed by atoms with Crippen LogP contribution in [0.25, 0.3) is 0 Å². The lowest BCUT2D eigenvalue weighted by atomic mass is 10.2. The van der Waals surface area contributed by atoms with Crippen molar-refractivity contribution in [2.24, 2.45) is 0 Å². The zero-order valence-corrected chi connectivity index (χ0v) is 23.1. The van der Waals surface area contributed by atoms with Crippen molar-refractivity contribution in [1.29, 1.82) is 0 Å². The monoisotopic (exact) mass is 500 g/mol. The third kappa shape index (κ3) is 8.83. The Hall–Kier alpha value is -2.27. The van der Waals surface area contributed by atoms with Gasteiger partial charge >= 0.3 is 18.2 Å². The van der Waals surface area contributed by atoms with E-state index in [1.165, 1.54) is 10.4 Å². The molecular formula is C26H36O6Si2. The molecule has 0 saturated heterocycles. The van der Waals surface area contributed by atoms with Crippen LogP contribution in [0.4, 0.5) is 0 Å². The van der Waals surface area contributed by atoms with Gasteiger partial charge in [0.15, 0.2) is 0 Å². The molecule has 0 aliphatic rings. The van der Waals surface area contributed by atoms with Crippen LogP contribution in [0.2, 0.25) is 39.3 Å². The van der Waals surface area contributed by atoms with E-state index in [0.717, 1.165) is 12.8 Å². The smallest absolute Gasteiger partial charge is 0.289 e. The van der Waals surface area contributed by atoms with Gasteiger partial charge in [-0.25, -0.2) is 9.59 Å². The van der Waals surface area contributed by atoms with Crippen molar-refractivity contribution in [3.63, 3.8) is 0 Å². The minimum atomic E-state index is -1.47. The number of carbonyl (C=O) groups excluding carboxylic acids is 2. The Morgan fingerprint density at radius 1 is 0.647 bits per heavy atom. The number of rotatable bonds is 12. The summed E-state index contributed by atoms with van der Waals surface area (Å²) in [6.07, 6.45) is 2.41. The van der Waals surface area contributed by atoms with Crippen LogP contribution in [-0.2, 0) is 19.6 Å². The molecule has 0 bridgehead atoms. The lowest BCUT2D eigenvalue weighted by molar-refractivity contribution is -0.363. The molecule has 0 aliphatic carbocycles. The molecule has 0 heterocycles. The maximum atomic E-state index is 12.4. The molecule has 34 heavy (non-hydrogen) atoms. The first-order chi connectivity index (χ1) is 15.9. The average Bonchev–Trinajstić information content (AvgIpc) is 2.79. The Balaban J connectivity index is 1.95. The minimum absolute atomic E-state index is 0.104. The van der Waals surface area contributed by atoms with Gasteiger partial charge in [-0.3, -0.25) is 9.78 Å². The number of hydrogen-bond donors (Lipinski definition) is 0. The quantitative estimate of drug-likeness (QED) is 0.165. The summed E-state index contributed by atoms with van der Waals surface area (Å²) >= 11 is 0. The Morgan fingerprint density at radius 2 is 1.03 bits per heavy atom. The van der Waals surface area contributed by atoms with E-state index in [0.29, 0.717) is 24.0 Å². The molecule has 2 aromatic rings. The van der Waals surface area contributed by atoms with Crippen molar-refractivity contribution in [1.82, 2.24) is 0 Å². The maximum Gasteiger partial charge on any atom is 0.373 e. The Labute approximate surface area is 205 Å². The lowest BCUT2D eigenvalue weighted by Gasteiger charge is -2.17. The predicted octanol–water partition coefficient (Wildman–Crippen LogP) is 5.54. The molecule has 0 saturated carbocycles. The Bertz CT molecular complexity index is 854. The summed E-state index contributed by atoms with van der Waals surface area (Å²) in [7, 11) is -2.93. The second-order valence-electron chi connectivity index (χ2n) is 10.2. The fourth-order valence-corrected chi connectivity index (χ4v) is 5.35. The second-order valence-corrected chi connectivity index (χ2v) is 20.4. The molecule has 0 aliphatic heterocycles. The van der Waals surface area contributed by atoms with Gasteiger partial charge in [0, 0.05) is 6.42 Å². The highest BCUT2D eigenvalue weighted by atomic mass is 28.3. The highest BCUT2D eigenvalue weighted by molar-refractivity contribution is 6.89. The summed E-state index contributed by atoms with van der Waals surface area (Å²) in [5.74, 6) is -1.32. The molecule has 184 valence electrons. The summed E-state index contributed by atoms with van der Waals surface area (Å²) in [4.78, 5) is 44.9. The molecular weight excluding hydrogens is 464 g/mol. The fraction of sp³-hybridized carbons (Fsp3) is 0.385. The van der Waals surface area contributed by atoms with E-state index < -0.39 is 28.1 Å². The molecule has 2 aromatic carbocycles. The molecule has 8 heteroatoms. The number of hydrogen-bond acceptors (Lipinski definition) is 6. The largest absolute Gasteiger partial charge is 0.373 e. The molecule has 0 atom stereocenters. The normalized spacial score (nSPS) is 12.0. The number of carbonyl (C=O) groups is 2. The number of benzene rings is 2. The molecule has 2 radical (unpaired) electrons. The van der Waals surface area contributed by atoms with Crippen molar-refractivity contribution in [3.05, 3.63) is 72.9 Å². The SMILES string of the molecule is [CH2]CCCC[C](OOC(=O)c1ccc([Si](C)(C)C)cc1)OOC(=O)c1ccc([Si](C)(C)C)cc1. The Kier molecular flexibility index (Phi) is 10.2. The standard InChI is InChI=1S/C26H36O6Si2/c1-8-9-10-11-24(29-31-25(27)20-12-16-22(17-13-20)33(2,3)4)30-32-26(28)21-14-18-23(19-15-21)34(5,6)7/h12-19H,1,8-11H2,2-7H3. The molecule has 6 nitrogen and oxygen atoms in total. The minimum Gasteiger partial charge on any atom is -0.289 e. The van der Waals surface area contributed by atoms with Gasteiger partial charge < -0.3 is 0 Å². The molecule has 0 N–H and O–H groups in total. The fourth-order valence-electron chi connectivity index (χ4n) is 3.02. The van der Waals surface area contributed by atoms with Crippen LogP contribution in [0.1, 0.15) is 46.4 Å². The van der Waals surface area contributed by atoms with Crippen LogP contribution >= 0.6 is 0 Å². The summed E-state index contributed by atoms with van der Waals surface area (Å²) in [5.41, 5.74) is 0.720. The van der Waals surface area contributed by atoms with Crippen molar-refractivity contribution in [2.45, 2.75) is 65.0 Å². The third-order valence-electron chi connectivity index (χ3n) is 5.27. The van der Waals surface area contributed by atoms with Gasteiger partial charge in [-0.15, -0.1) is 9.78 Å². The summed E-state index contributed by atoms with van der Waals surface area (Å²) in [6, 6.07) is 14.6. The first-order valence-corrected chi connectivity index (χ1v) is 18.6. The van der Waals surface area contributed by atoms with E-state index in [4.69, 9.17) is 19.6 Å². The van der Waals surface area contributed by atoms with Gasteiger partial charge in [-0.2, -0.15) is 0 Å². The summed E-state index contributed by atoms with van der Waals surface area (Å²) in [5, 5.41) is 2.47. The van der Waals surface area contributed by atoms with Crippen LogP contribution < -0.4 is 10.4 Å². The van der Waals surface area contributed by atoms with Gasteiger partial charge in [-0.05, 0) is 30.7 Å². The molecule has 0 unspecified atom stereocenters. The van der Waals surface area contributed by atoms with Crippen molar-refractivity contribution < 1.29 is 29.1 Å². The van der Waals surface area contributed by atoms with Crippen LogP contribution in [0.15, 0.2) is 48.5 Å². The number of unbranched alkanes of at least 4 members (excludes halogenated alkanes) is 2. The van der Waals surface area contributed by atoms with Crippen molar-refractivity contribution in [3.8, 4) is 0 Å². The van der Waals surface area contributed by atoms with E-state index in [-0.39, 0.29) is 6.29 Å². The molecule has 0 fully saturated rings. The van der Waals surface area contributed by atoms with Crippen LogP contribution in [0.5, 0.6) is 0 Å². The first-order valence-electron chi connectivity index (χ1n) is 11.6. The lowest BCUT2D eigenvalue weighted by Crippen LogP contribution is -2.37. The molecule has 0 spiro atoms. The van der Waals surface area contributed by atoms with Gasteiger partial charge in [0.1, 0.15) is 0 Å². The molecule has 0 amide bonds. The average molecular weight is 501 g/mol. The van der Waals surface area contributed by atoms with Gasteiger partial charge in [-0.1, -0.05) is 93.7 Å². The molecule has 0 aromatic heterocycles. The Morgan fingerprint density at radius 3 is 1.35 bits per heavy atom. The zero-order chi connectivity index (χ0) is 25.4. The summed E-state index contributed by atoms with van der Waals surface area (Å²) in [6.45, 7) is 17.2. The van der Waals surface area contributed by atoms with Crippen LogP contribution in [0, 0.1) is 13.2 Å². The maximum absolute atomic E-state index is 12.4. The van der Waals surface area contributed by atoms with E-state index in [1.807, 2.05) is 24.3 Å². The third-order valence-corrected chi connectivity index (χ3v) is 9.41. The van der Waals surface area contributed by atoms with E-state index in [1.54, 1.807) is 24.3 Å². The second kappa shape index (κ2) is 12.4. The van der Waals surface area contributed by atoms with Crippen molar-refractivity contribution >= 4 is 38.5 Å². The van der Waals surface area contributed by atoms with Crippen molar-refractivity contribution in [2.75, 3.05) is 0 Å². The van der Waals surface area contributed by atoms with E-state index in [2.05, 4.69) is 46.2 Å². The summed E-state index contributed by atoms with van der Waals surface area (Å²) < 4.78 is 0. The highest BCUT2D eigenvalue weighted by Gasteiger charge is 2.23. The zero-order valence-electron chi connectivity index (χ0n) is 21.1. The van der Waals surface area contributed by atoms with Crippen LogP contribution in [-0.4, -0.2) is 28.1 Å².